The van der Waals surface area contributed by atoms with Crippen LogP contribution in [0, 0.1) is 0 Å². The topological polar surface area (TPSA) is 494 Å². The number of azo groups is 2. The number of fused-ring (bicyclic) bond motifs is 2. The summed E-state index contributed by atoms with van der Waals surface area (Å²) in [6.07, 6.45) is 2.77. The quantitative estimate of drug-likeness (QED) is 0.0287. The molecule has 6 aromatic carbocycles. The van der Waals surface area contributed by atoms with Gasteiger partial charge in [-0.15, -0.1) is 0 Å². The van der Waals surface area contributed by atoms with Crippen molar-refractivity contribution in [1.29, 1.82) is 0 Å². The molecule has 0 unspecified atom stereocenters. The van der Waals surface area contributed by atoms with Crippen molar-refractivity contribution in [1.82, 2.24) is 0 Å². The van der Waals surface area contributed by atoms with Gasteiger partial charge in [0.2, 0.25) is 0 Å². The number of aliphatic imine (C=N–C) groups is 2. The molecular weight excluding hydrogens is 1090 g/mol. The number of nitrogens with two attached hydrogens (primary N) is 6. The molecule has 0 spiro atoms. The molecule has 0 saturated heterocycles. The van der Waals surface area contributed by atoms with E-state index >= 15 is 0 Å². The van der Waals surface area contributed by atoms with Gasteiger partial charge < -0.3 is 44.6 Å². The van der Waals surface area contributed by atoms with Crippen LogP contribution in [0.25, 0.3) is 21.5 Å². The van der Waals surface area contributed by atoms with Crippen LogP contribution in [0.4, 0.5) is 22.7 Å². The summed E-state index contributed by atoms with van der Waals surface area (Å²) >= 11 is 0. The summed E-state index contributed by atoms with van der Waals surface area (Å²) in [5.74, 6) is -0.517. The predicted molar refractivity (Wildman–Crippen MR) is 267 cm³/mol. The summed E-state index contributed by atoms with van der Waals surface area (Å²) in [6.45, 7) is 3.79. The molecule has 26 nitrogen and oxygen atoms in total. The average molecular weight is 1140 g/mol. The molecule has 0 atom stereocenters. The Hall–Kier alpha value is -6.00. The Bertz CT molecular complexity index is 3210. The molecule has 73 heavy (non-hydrogen) atoms. The molecule has 6 aromatic rings. The standard InChI is InChI=1S/2C19H18N4O7S2.2C2H8N2.Zn/c2*20-5-6-21-11-13-8-15(2-4-18(13)24)23-22-14-1-3-17-12(7-14)9-16(31(25,26)27)10-19(17)32(28,29)30;2*3-1-2-4;/h2*1-4,7-11,24H,5-6,20H2,(H,25,26,27)(H,28,29,30);2*1-4H2;/q;;;;+2/p-2. The van der Waals surface area contributed by atoms with Gasteiger partial charge in [-0.3, -0.25) is 28.2 Å². The third kappa shape index (κ3) is 20.1. The minimum absolute atomic E-state index is 0. The van der Waals surface area contributed by atoms with E-state index in [9.17, 15) is 62.1 Å². The minimum Gasteiger partial charge on any atom is -0.872 e. The molecule has 0 aliphatic heterocycles. The predicted octanol–water partition coefficient (Wildman–Crippen LogP) is 2.20. The van der Waals surface area contributed by atoms with Crippen molar-refractivity contribution in [3.05, 3.63) is 108 Å². The summed E-state index contributed by atoms with van der Waals surface area (Å²) in [4.78, 5) is 5.24. The van der Waals surface area contributed by atoms with Crippen LogP contribution in [0.1, 0.15) is 11.1 Å². The second-order valence-electron chi connectivity index (χ2n) is 14.2. The first-order valence-electron chi connectivity index (χ1n) is 20.5. The van der Waals surface area contributed by atoms with Crippen LogP contribution in [-0.4, -0.2) is 117 Å². The van der Waals surface area contributed by atoms with Crippen molar-refractivity contribution >= 4 is 97.2 Å². The Morgan fingerprint density at radius 2 is 0.712 bits per heavy atom. The van der Waals surface area contributed by atoms with Crippen molar-refractivity contribution in [2.24, 2.45) is 64.8 Å². The fourth-order valence-corrected chi connectivity index (χ4v) is 8.26. The van der Waals surface area contributed by atoms with E-state index in [2.05, 4.69) is 30.4 Å². The summed E-state index contributed by atoms with van der Waals surface area (Å²) < 4.78 is 130. The number of nitrogens with zero attached hydrogens (tertiary/aromatic N) is 6. The molecule has 0 aliphatic carbocycles. The molecule has 31 heteroatoms. The zero-order valence-corrected chi connectivity index (χ0v) is 44.6. The molecule has 0 bridgehead atoms. The monoisotopic (exact) mass is 1140 g/mol. The number of rotatable bonds is 16. The van der Waals surface area contributed by atoms with Crippen LogP contribution in [0.3, 0.4) is 0 Å². The van der Waals surface area contributed by atoms with Crippen molar-refractivity contribution in [3.63, 3.8) is 0 Å². The van der Waals surface area contributed by atoms with E-state index < -0.39 is 60.1 Å². The maximum atomic E-state index is 11.9. The van der Waals surface area contributed by atoms with Crippen LogP contribution in [0.5, 0.6) is 11.5 Å². The molecule has 16 N–H and O–H groups in total. The average Bonchev–Trinajstić information content (AvgIpc) is 3.32. The van der Waals surface area contributed by atoms with Gasteiger partial charge in [0.25, 0.3) is 40.5 Å². The third-order valence-electron chi connectivity index (χ3n) is 8.75. The van der Waals surface area contributed by atoms with E-state index in [-0.39, 0.29) is 63.9 Å². The van der Waals surface area contributed by atoms with E-state index in [1.165, 1.54) is 85.2 Å². The summed E-state index contributed by atoms with van der Waals surface area (Å²) in [5, 5.41) is 40.0. The van der Waals surface area contributed by atoms with Crippen molar-refractivity contribution in [2.75, 3.05) is 52.4 Å². The van der Waals surface area contributed by atoms with Gasteiger partial charge in [0, 0.05) is 62.5 Å². The zero-order valence-electron chi connectivity index (χ0n) is 38.4. The van der Waals surface area contributed by atoms with Gasteiger partial charge in [-0.05, 0) is 94.7 Å². The summed E-state index contributed by atoms with van der Waals surface area (Å²) in [6, 6.07) is 19.9. The van der Waals surface area contributed by atoms with Crippen LogP contribution >= 0.6 is 0 Å². The second-order valence-corrected chi connectivity index (χ2v) is 19.8. The fraction of sp³-hybridized carbons (Fsp3) is 0.190. The van der Waals surface area contributed by atoms with E-state index in [0.717, 1.165) is 12.1 Å². The second kappa shape index (κ2) is 29.0. The van der Waals surface area contributed by atoms with E-state index in [1.54, 1.807) is 0 Å². The SMILES string of the molecule is NCCN.NCCN.NCCN=Cc1cc(N=Nc2ccc3c(S(=O)(=O)O)cc(S(=O)(=O)O)cc3c2)ccc1[O-].NCCN=Cc1cc(N=Nc2ccc3c(S(=O)(=O)O)cc(S(=O)(=O)O)cc3c2)ccc1[O-].[Zn+2]. The maximum Gasteiger partial charge on any atom is 2.00 e. The summed E-state index contributed by atoms with van der Waals surface area (Å²) in [7, 11) is -19.0. The first-order chi connectivity index (χ1) is 33.8. The Kier molecular flexibility index (Phi) is 25.1. The number of hydrogen-bond donors (Lipinski definition) is 10. The Morgan fingerprint density at radius 1 is 0.411 bits per heavy atom. The molecule has 0 amide bonds. The van der Waals surface area contributed by atoms with E-state index in [0.29, 0.717) is 87.0 Å². The van der Waals surface area contributed by atoms with Gasteiger partial charge in [0.05, 0.1) is 45.6 Å². The van der Waals surface area contributed by atoms with Gasteiger partial charge in [0.15, 0.2) is 0 Å². The van der Waals surface area contributed by atoms with Crippen LogP contribution in [0.15, 0.2) is 147 Å². The molecular formula is C42H50N12O14S4Zn. The van der Waals surface area contributed by atoms with Gasteiger partial charge in [0.1, 0.15) is 9.79 Å². The van der Waals surface area contributed by atoms with Gasteiger partial charge >= 0.3 is 19.5 Å². The first kappa shape index (κ1) is 63.1. The maximum absolute atomic E-state index is 11.9. The van der Waals surface area contributed by atoms with Gasteiger partial charge in [-0.1, -0.05) is 35.8 Å². The Morgan fingerprint density at radius 3 is 0.986 bits per heavy atom. The number of benzene rings is 6. The van der Waals surface area contributed by atoms with Crippen molar-refractivity contribution < 1.29 is 81.6 Å². The molecule has 0 radical (unpaired) electrons. The van der Waals surface area contributed by atoms with Crippen LogP contribution < -0.4 is 44.6 Å². The normalized spacial score (nSPS) is 12.1. The molecule has 6 rings (SSSR count). The zero-order chi connectivity index (χ0) is 53.9. The molecule has 0 aromatic heterocycles. The van der Waals surface area contributed by atoms with Crippen molar-refractivity contribution in [3.8, 4) is 11.5 Å². The van der Waals surface area contributed by atoms with Gasteiger partial charge in [-0.2, -0.15) is 54.1 Å². The number of hydrogen-bond acceptors (Lipinski definition) is 22. The van der Waals surface area contributed by atoms with E-state index in [4.69, 9.17) is 34.4 Å². The molecule has 0 saturated carbocycles. The van der Waals surface area contributed by atoms with Crippen LogP contribution in [-0.2, 0) is 60.0 Å². The Balaban J connectivity index is 0.000000431. The van der Waals surface area contributed by atoms with Gasteiger partial charge in [-0.25, -0.2) is 0 Å². The van der Waals surface area contributed by atoms with Crippen LogP contribution in [0.2, 0.25) is 0 Å². The molecule has 0 aliphatic rings. The minimum atomic E-state index is -4.78. The molecule has 0 heterocycles. The Labute approximate surface area is 432 Å². The first-order valence-corrected chi connectivity index (χ1v) is 26.3. The molecule has 388 valence electrons. The third-order valence-corrected chi connectivity index (χ3v) is 12.2. The summed E-state index contributed by atoms with van der Waals surface area (Å²) in [5.41, 5.74) is 32.0. The van der Waals surface area contributed by atoms with Crippen molar-refractivity contribution in [2.45, 2.75) is 19.6 Å². The smallest absolute Gasteiger partial charge is 0.872 e. The largest absolute Gasteiger partial charge is 2.00 e. The fourth-order valence-electron chi connectivity index (χ4n) is 5.54. The molecule has 0 fully saturated rings. The van der Waals surface area contributed by atoms with E-state index in [1.807, 2.05) is 0 Å².